The molecule has 1 N–H and O–H groups in total. The summed E-state index contributed by atoms with van der Waals surface area (Å²) in [4.78, 5) is 2.02. The summed E-state index contributed by atoms with van der Waals surface area (Å²) in [5, 5.41) is 3.30. The Bertz CT molecular complexity index is 449. The first-order chi connectivity index (χ1) is 9.31. The topological polar surface area (TPSA) is 15.3 Å². The van der Waals surface area contributed by atoms with Crippen molar-refractivity contribution in [3.63, 3.8) is 0 Å². The number of rotatable bonds is 6. The number of anilines is 1. The van der Waals surface area contributed by atoms with Gasteiger partial charge in [-0.05, 0) is 51.9 Å². The van der Waals surface area contributed by atoms with E-state index in [0.717, 1.165) is 12.1 Å². The third kappa shape index (κ3) is 4.07. The maximum absolute atomic E-state index is 14.5. The van der Waals surface area contributed by atoms with Crippen LogP contribution < -0.4 is 10.2 Å². The predicted molar refractivity (Wildman–Crippen MR) is 85.8 cm³/mol. The molecule has 0 aliphatic rings. The zero-order valence-corrected chi connectivity index (χ0v) is 13.3. The molecule has 2 nitrogen and oxygen atoms in total. The van der Waals surface area contributed by atoms with Crippen LogP contribution in [0.5, 0.6) is 0 Å². The summed E-state index contributed by atoms with van der Waals surface area (Å²) in [5.74, 6) is -0.177. The number of halogens is 1. The number of hydrogen-bond donors (Lipinski definition) is 1. The van der Waals surface area contributed by atoms with Crippen LogP contribution in [0.3, 0.4) is 0 Å². The zero-order chi connectivity index (χ0) is 15.3. The molecule has 3 heteroatoms. The van der Waals surface area contributed by atoms with Crippen molar-refractivity contribution in [1.82, 2.24) is 5.32 Å². The summed E-state index contributed by atoms with van der Waals surface area (Å²) >= 11 is 0. The van der Waals surface area contributed by atoms with Gasteiger partial charge >= 0.3 is 0 Å². The highest BCUT2D eigenvalue weighted by atomic mass is 19.1. The van der Waals surface area contributed by atoms with Crippen LogP contribution in [0.2, 0.25) is 0 Å². The summed E-state index contributed by atoms with van der Waals surface area (Å²) < 4.78 is 14.5. The molecule has 0 fully saturated rings. The Morgan fingerprint density at radius 1 is 1.40 bits per heavy atom. The van der Waals surface area contributed by atoms with Gasteiger partial charge in [-0.25, -0.2) is 4.39 Å². The molecule has 112 valence electrons. The van der Waals surface area contributed by atoms with Gasteiger partial charge in [0.15, 0.2) is 0 Å². The van der Waals surface area contributed by atoms with E-state index in [-0.39, 0.29) is 17.4 Å². The van der Waals surface area contributed by atoms with Crippen LogP contribution in [0.15, 0.2) is 30.9 Å². The van der Waals surface area contributed by atoms with Crippen molar-refractivity contribution in [2.75, 3.05) is 18.0 Å². The van der Waals surface area contributed by atoms with E-state index in [1.807, 2.05) is 30.9 Å². The Morgan fingerprint density at radius 2 is 2.05 bits per heavy atom. The number of hydrogen-bond acceptors (Lipinski definition) is 2. The van der Waals surface area contributed by atoms with Crippen molar-refractivity contribution in [2.45, 2.75) is 46.2 Å². The Morgan fingerprint density at radius 3 is 2.50 bits per heavy atom. The lowest BCUT2D eigenvalue weighted by Crippen LogP contribution is -2.42. The zero-order valence-electron chi connectivity index (χ0n) is 13.3. The maximum atomic E-state index is 14.5. The van der Waals surface area contributed by atoms with E-state index in [0.29, 0.717) is 12.2 Å². The minimum absolute atomic E-state index is 0.149. The molecule has 0 heterocycles. The van der Waals surface area contributed by atoms with Gasteiger partial charge in [-0.2, -0.15) is 0 Å². The average Bonchev–Trinajstić information content (AvgIpc) is 2.35. The Kier molecular flexibility index (Phi) is 5.75. The second-order valence-electron chi connectivity index (χ2n) is 6.06. The van der Waals surface area contributed by atoms with Crippen LogP contribution in [0.1, 0.15) is 46.2 Å². The smallest absolute Gasteiger partial charge is 0.146 e. The standard InChI is InChI=1S/C17H27FN2/c1-7-11-20(17(4,5)6)16-10-9-14(12-15(16)18)13(3)19-8-2/h7,9-10,12-13,19H,1,8,11H2,2-6H3. The molecule has 0 radical (unpaired) electrons. The summed E-state index contributed by atoms with van der Waals surface area (Å²) in [7, 11) is 0. The van der Waals surface area contributed by atoms with Crippen LogP contribution in [-0.4, -0.2) is 18.6 Å². The van der Waals surface area contributed by atoms with Gasteiger partial charge in [0.1, 0.15) is 5.82 Å². The lowest BCUT2D eigenvalue weighted by Gasteiger charge is -2.37. The normalized spacial score (nSPS) is 13.1. The van der Waals surface area contributed by atoms with Gasteiger partial charge in [-0.15, -0.1) is 6.58 Å². The number of nitrogens with zero attached hydrogens (tertiary/aromatic N) is 1. The highest BCUT2D eigenvalue weighted by molar-refractivity contribution is 5.52. The Labute approximate surface area is 122 Å². The molecule has 1 unspecified atom stereocenters. The molecule has 0 aliphatic heterocycles. The van der Waals surface area contributed by atoms with Crippen molar-refractivity contribution in [1.29, 1.82) is 0 Å². The Balaban J connectivity index is 3.10. The van der Waals surface area contributed by atoms with E-state index in [2.05, 4.69) is 32.7 Å². The Hall–Kier alpha value is -1.35. The molecule has 20 heavy (non-hydrogen) atoms. The number of benzene rings is 1. The summed E-state index contributed by atoms with van der Waals surface area (Å²) in [6.45, 7) is 15.6. The second kappa shape index (κ2) is 6.89. The van der Waals surface area contributed by atoms with Gasteiger partial charge in [-0.1, -0.05) is 19.1 Å². The van der Waals surface area contributed by atoms with E-state index in [9.17, 15) is 4.39 Å². The molecular formula is C17H27FN2. The van der Waals surface area contributed by atoms with Gasteiger partial charge in [0.2, 0.25) is 0 Å². The van der Waals surface area contributed by atoms with Gasteiger partial charge in [-0.3, -0.25) is 0 Å². The highest BCUT2D eigenvalue weighted by Crippen LogP contribution is 2.28. The molecule has 0 saturated carbocycles. The van der Waals surface area contributed by atoms with Crippen molar-refractivity contribution < 1.29 is 4.39 Å². The maximum Gasteiger partial charge on any atom is 0.146 e. The largest absolute Gasteiger partial charge is 0.361 e. The quantitative estimate of drug-likeness (QED) is 0.781. The van der Waals surface area contributed by atoms with Crippen LogP contribution in [0.25, 0.3) is 0 Å². The molecule has 1 aromatic carbocycles. The molecule has 0 spiro atoms. The molecule has 0 aromatic heterocycles. The van der Waals surface area contributed by atoms with Gasteiger partial charge < -0.3 is 10.2 Å². The first-order valence-corrected chi connectivity index (χ1v) is 7.22. The molecule has 0 aliphatic carbocycles. The molecular weight excluding hydrogens is 251 g/mol. The minimum Gasteiger partial charge on any atom is -0.361 e. The first kappa shape index (κ1) is 16.7. The molecule has 1 aromatic rings. The van der Waals surface area contributed by atoms with Gasteiger partial charge in [0.05, 0.1) is 5.69 Å². The fourth-order valence-electron chi connectivity index (χ4n) is 2.30. The second-order valence-corrected chi connectivity index (χ2v) is 6.06. The molecule has 1 rings (SSSR count). The van der Waals surface area contributed by atoms with Crippen molar-refractivity contribution in [2.24, 2.45) is 0 Å². The third-order valence-electron chi connectivity index (χ3n) is 3.39. The minimum atomic E-state index is -0.177. The van der Waals surface area contributed by atoms with E-state index in [4.69, 9.17) is 0 Å². The number of nitrogens with one attached hydrogen (secondary N) is 1. The van der Waals surface area contributed by atoms with Gasteiger partial charge in [0.25, 0.3) is 0 Å². The molecule has 0 saturated heterocycles. The van der Waals surface area contributed by atoms with Crippen LogP contribution >= 0.6 is 0 Å². The van der Waals surface area contributed by atoms with E-state index in [1.165, 1.54) is 0 Å². The highest BCUT2D eigenvalue weighted by Gasteiger charge is 2.23. The van der Waals surface area contributed by atoms with Crippen LogP contribution in [0, 0.1) is 5.82 Å². The summed E-state index contributed by atoms with van der Waals surface area (Å²) in [6.07, 6.45) is 1.81. The molecule has 1 atom stereocenters. The van der Waals surface area contributed by atoms with Gasteiger partial charge in [0, 0.05) is 18.1 Å². The first-order valence-electron chi connectivity index (χ1n) is 7.22. The molecule has 0 bridgehead atoms. The lowest BCUT2D eigenvalue weighted by atomic mass is 10.0. The van der Waals surface area contributed by atoms with Crippen molar-refractivity contribution in [3.05, 3.63) is 42.2 Å². The third-order valence-corrected chi connectivity index (χ3v) is 3.39. The summed E-state index contributed by atoms with van der Waals surface area (Å²) in [5.41, 5.74) is 1.45. The van der Waals surface area contributed by atoms with Crippen molar-refractivity contribution in [3.8, 4) is 0 Å². The van der Waals surface area contributed by atoms with Crippen molar-refractivity contribution >= 4 is 5.69 Å². The lowest BCUT2D eigenvalue weighted by molar-refractivity contribution is 0.506. The predicted octanol–water partition coefficient (Wildman–Crippen LogP) is 4.29. The fourth-order valence-corrected chi connectivity index (χ4v) is 2.30. The van der Waals surface area contributed by atoms with E-state index >= 15 is 0 Å². The SMILES string of the molecule is C=CCN(c1ccc(C(C)NCC)cc1F)C(C)(C)C. The summed E-state index contributed by atoms with van der Waals surface area (Å²) in [6, 6.07) is 5.65. The van der Waals surface area contributed by atoms with Crippen LogP contribution in [-0.2, 0) is 0 Å². The average molecular weight is 278 g/mol. The van der Waals surface area contributed by atoms with E-state index in [1.54, 1.807) is 12.1 Å². The van der Waals surface area contributed by atoms with E-state index < -0.39 is 0 Å². The fraction of sp³-hybridized carbons (Fsp3) is 0.529. The molecule has 0 amide bonds. The monoisotopic (exact) mass is 278 g/mol. The van der Waals surface area contributed by atoms with Crippen LogP contribution in [0.4, 0.5) is 10.1 Å².